The smallest absolute Gasteiger partial charge is 0.302 e. The van der Waals surface area contributed by atoms with E-state index in [0.29, 0.717) is 25.7 Å². The first-order chi connectivity index (χ1) is 25.7. The van der Waals surface area contributed by atoms with Gasteiger partial charge in [0.1, 0.15) is 43.8 Å². The Bertz CT molecular complexity index is 1470. The SMILES string of the molecule is COCO[C@H]1[C@H](C)C23CCC(=O)C2[C@@](C)([C@H](C)CC3)[C@H](O)C[C@@]1(C)C=O.COCO[C@H]1[C@H](C)C23CCC(=O)C2[C@](C)(C(OC(C)=O)C[C@@]1(C)C=O)[C@H](C)CC3. The Morgan fingerprint density at radius 2 is 1.13 bits per heavy atom. The predicted octanol–water partition coefficient (Wildman–Crippen LogP) is 6.54. The van der Waals surface area contributed by atoms with E-state index >= 15 is 0 Å². The summed E-state index contributed by atoms with van der Waals surface area (Å²) < 4.78 is 28.4. The molecule has 0 spiro atoms. The van der Waals surface area contributed by atoms with Crippen molar-refractivity contribution in [2.75, 3.05) is 27.8 Å². The van der Waals surface area contributed by atoms with E-state index in [1.807, 2.05) is 13.8 Å². The summed E-state index contributed by atoms with van der Waals surface area (Å²) in [6.45, 7) is 18.2. The molecule has 0 aromatic carbocycles. The maximum Gasteiger partial charge on any atom is 0.302 e. The number of rotatable bonds is 9. The topological polar surface area (TPSA) is 152 Å². The van der Waals surface area contributed by atoms with Gasteiger partial charge < -0.3 is 38.4 Å². The largest absolute Gasteiger partial charge is 0.462 e. The number of aldehydes is 2. The van der Waals surface area contributed by atoms with Gasteiger partial charge in [-0.3, -0.25) is 14.4 Å². The van der Waals surface area contributed by atoms with E-state index in [-0.39, 0.29) is 83.6 Å². The molecule has 0 heterocycles. The third-order valence-corrected chi connectivity index (χ3v) is 17.2. The summed E-state index contributed by atoms with van der Waals surface area (Å²) >= 11 is 0. The average molecular weight is 775 g/mol. The van der Waals surface area contributed by atoms with E-state index in [1.54, 1.807) is 14.2 Å². The molecular weight excluding hydrogens is 704 g/mol. The highest BCUT2D eigenvalue weighted by Crippen LogP contribution is 2.69. The van der Waals surface area contributed by atoms with Crippen molar-refractivity contribution in [1.82, 2.24) is 0 Å². The van der Waals surface area contributed by atoms with Crippen molar-refractivity contribution in [3.63, 3.8) is 0 Å². The summed E-state index contributed by atoms with van der Waals surface area (Å²) in [6.07, 6.45) is 7.14. The Morgan fingerprint density at radius 3 is 1.55 bits per heavy atom. The number of hydrogen-bond donors (Lipinski definition) is 1. The number of carbonyl (C=O) groups excluding carboxylic acids is 5. The molecule has 5 unspecified atom stereocenters. The third-order valence-electron chi connectivity index (χ3n) is 17.2. The number of methoxy groups -OCH3 is 2. The first kappa shape index (κ1) is 44.1. The van der Waals surface area contributed by atoms with Crippen LogP contribution in [0.4, 0.5) is 0 Å². The summed E-state index contributed by atoms with van der Waals surface area (Å²) in [6, 6.07) is 0. The standard InChI is InChI=1S/C23H36O6.C21H34O5/c1-14-7-9-23-10-8-17(26)19(23)22(14,5)18(29-16(3)25)11-21(4,12-24)20(15(23)2)28-13-27-6;1-13-6-8-21-9-7-15(23)17(21)20(13,4)16(24)10-19(3,11-22)18(14(21)2)26-12-25-5/h12,14-15,18-20H,7-11,13H2,1-6H3;11,13-14,16-18,24H,6-10,12H2,1-5H3/t14-,15+,18?,19?,20+,21+,22+,23?;13-,14+,16-,17?,18+,19+,20+,21?/m11/s1. The van der Waals surface area contributed by atoms with Gasteiger partial charge in [-0.1, -0.05) is 55.4 Å². The van der Waals surface area contributed by atoms with Gasteiger partial charge in [0.05, 0.1) is 29.1 Å². The van der Waals surface area contributed by atoms with Crippen molar-refractivity contribution >= 4 is 30.1 Å². The molecule has 0 aromatic heterocycles. The second kappa shape index (κ2) is 16.0. The van der Waals surface area contributed by atoms with E-state index in [0.717, 1.165) is 51.1 Å². The number of aliphatic hydroxyl groups is 1. The molecule has 11 nitrogen and oxygen atoms in total. The molecule has 6 aliphatic rings. The Labute approximate surface area is 329 Å². The van der Waals surface area contributed by atoms with E-state index in [2.05, 4.69) is 41.5 Å². The van der Waals surface area contributed by atoms with Crippen LogP contribution >= 0.6 is 0 Å². The van der Waals surface area contributed by atoms with Crippen molar-refractivity contribution < 1.29 is 52.8 Å². The predicted molar refractivity (Wildman–Crippen MR) is 204 cm³/mol. The maximum atomic E-state index is 13.3. The summed E-state index contributed by atoms with van der Waals surface area (Å²) in [5.74, 6) is 0.341. The van der Waals surface area contributed by atoms with Crippen LogP contribution in [0.2, 0.25) is 0 Å². The van der Waals surface area contributed by atoms with Gasteiger partial charge in [-0.2, -0.15) is 0 Å². The second-order valence-electron chi connectivity index (χ2n) is 19.7. The number of carbonyl (C=O) groups is 5. The Kier molecular flexibility index (Phi) is 12.8. The van der Waals surface area contributed by atoms with Crippen molar-refractivity contribution in [3.05, 3.63) is 0 Å². The molecule has 6 aliphatic carbocycles. The molecule has 312 valence electrons. The van der Waals surface area contributed by atoms with Gasteiger partial charge in [-0.05, 0) is 85.9 Å². The van der Waals surface area contributed by atoms with E-state index < -0.39 is 40.0 Å². The number of esters is 1. The van der Waals surface area contributed by atoms with Crippen molar-refractivity contribution in [3.8, 4) is 0 Å². The molecule has 0 amide bonds. The minimum atomic E-state index is -0.847. The molecule has 4 bridgehead atoms. The second-order valence-corrected chi connectivity index (χ2v) is 19.7. The molecule has 55 heavy (non-hydrogen) atoms. The zero-order chi connectivity index (χ0) is 40.9. The lowest BCUT2D eigenvalue weighted by molar-refractivity contribution is -0.225. The van der Waals surface area contributed by atoms with Crippen LogP contribution in [-0.4, -0.2) is 87.4 Å². The maximum absolute atomic E-state index is 13.3. The zero-order valence-corrected chi connectivity index (χ0v) is 35.4. The monoisotopic (exact) mass is 774 g/mol. The van der Waals surface area contributed by atoms with Gasteiger partial charge in [0.2, 0.25) is 0 Å². The van der Waals surface area contributed by atoms with Crippen LogP contribution < -0.4 is 0 Å². The van der Waals surface area contributed by atoms with Gasteiger partial charge in [-0.15, -0.1) is 0 Å². The van der Waals surface area contributed by atoms with Crippen LogP contribution in [0.5, 0.6) is 0 Å². The summed E-state index contributed by atoms with van der Waals surface area (Å²) in [7, 11) is 3.13. The van der Waals surface area contributed by atoms with Crippen LogP contribution in [0.25, 0.3) is 0 Å². The van der Waals surface area contributed by atoms with Gasteiger partial charge in [0.25, 0.3) is 0 Å². The lowest BCUT2D eigenvalue weighted by atomic mass is 9.44. The minimum Gasteiger partial charge on any atom is -0.462 e. The first-order valence-electron chi connectivity index (χ1n) is 20.8. The first-order valence-corrected chi connectivity index (χ1v) is 20.8. The Hall–Kier alpha value is -2.05. The van der Waals surface area contributed by atoms with E-state index in [9.17, 15) is 29.1 Å². The van der Waals surface area contributed by atoms with Crippen LogP contribution in [0.1, 0.15) is 127 Å². The van der Waals surface area contributed by atoms with E-state index in [4.69, 9.17) is 23.7 Å². The number of Topliss-reactive ketones (excluding diaryl/α,β-unsaturated/α-hetero) is 2. The highest BCUT2D eigenvalue weighted by molar-refractivity contribution is 5.86. The van der Waals surface area contributed by atoms with Gasteiger partial charge in [0.15, 0.2) is 0 Å². The van der Waals surface area contributed by atoms with Crippen molar-refractivity contribution in [1.29, 1.82) is 0 Å². The molecule has 11 heteroatoms. The van der Waals surface area contributed by atoms with Gasteiger partial charge in [0, 0.05) is 56.7 Å². The molecule has 0 aromatic rings. The summed E-state index contributed by atoms with van der Waals surface area (Å²) in [5.41, 5.74) is -3.10. The van der Waals surface area contributed by atoms with Crippen LogP contribution in [-0.2, 0) is 47.7 Å². The normalized spacial score (nSPS) is 49.2. The van der Waals surface area contributed by atoms with Crippen molar-refractivity contribution in [2.45, 2.75) is 151 Å². The minimum absolute atomic E-state index is 0.00871. The number of ketones is 2. The number of ether oxygens (including phenoxy) is 5. The summed E-state index contributed by atoms with van der Waals surface area (Å²) in [4.78, 5) is 63.0. The third kappa shape index (κ3) is 6.81. The van der Waals surface area contributed by atoms with Crippen LogP contribution in [0.3, 0.4) is 0 Å². The van der Waals surface area contributed by atoms with E-state index in [1.165, 1.54) is 6.92 Å². The molecule has 6 rings (SSSR count). The van der Waals surface area contributed by atoms with Crippen LogP contribution in [0, 0.1) is 68.0 Å². The fourth-order valence-electron chi connectivity index (χ4n) is 13.8. The van der Waals surface area contributed by atoms with Crippen LogP contribution in [0.15, 0.2) is 0 Å². The molecule has 0 radical (unpaired) electrons. The number of hydrogen-bond acceptors (Lipinski definition) is 11. The highest BCUT2D eigenvalue weighted by atomic mass is 16.7. The fourth-order valence-corrected chi connectivity index (χ4v) is 13.8. The Morgan fingerprint density at radius 1 is 0.709 bits per heavy atom. The molecular formula is C44H70O11. The summed E-state index contributed by atoms with van der Waals surface area (Å²) in [5, 5.41) is 11.3. The number of aliphatic hydroxyl groups excluding tert-OH is 1. The lowest BCUT2D eigenvalue weighted by Gasteiger charge is -2.61. The molecule has 6 saturated carbocycles. The lowest BCUT2D eigenvalue weighted by Crippen LogP contribution is -2.64. The molecule has 0 aliphatic heterocycles. The fraction of sp³-hybridized carbons (Fsp3) is 0.886. The zero-order valence-electron chi connectivity index (χ0n) is 35.4. The molecule has 6 fully saturated rings. The van der Waals surface area contributed by atoms with Gasteiger partial charge in [-0.25, -0.2) is 0 Å². The highest BCUT2D eigenvalue weighted by Gasteiger charge is 2.70. The Balaban J connectivity index is 0.000000212. The quantitative estimate of drug-likeness (QED) is 0.155. The van der Waals surface area contributed by atoms with Gasteiger partial charge >= 0.3 is 5.97 Å². The molecule has 0 saturated heterocycles. The molecule has 16 atom stereocenters. The average Bonchev–Trinajstić information content (AvgIpc) is 3.69. The van der Waals surface area contributed by atoms with Crippen molar-refractivity contribution in [2.24, 2.45) is 68.0 Å². The molecule has 1 N–H and O–H groups in total.